The second kappa shape index (κ2) is 6.86. The summed E-state index contributed by atoms with van der Waals surface area (Å²) in [6.45, 7) is 6.11. The number of aromatic hydroxyl groups is 1. The summed E-state index contributed by atoms with van der Waals surface area (Å²) in [5.74, 6) is 0.889. The lowest BCUT2D eigenvalue weighted by atomic mass is 9.83. The van der Waals surface area contributed by atoms with E-state index in [0.717, 1.165) is 53.5 Å². The molecule has 1 amide bonds. The Bertz CT molecular complexity index is 1050. The topological polar surface area (TPSA) is 88.0 Å². The molecule has 0 unspecified atom stereocenters. The molecule has 0 radical (unpaired) electrons. The van der Waals surface area contributed by atoms with E-state index in [1.54, 1.807) is 12.1 Å². The molecular weight excluding hydrogens is 356 g/mol. The molecule has 0 saturated carbocycles. The number of hydrogen-bond donors (Lipinski definition) is 2. The molecule has 0 fully saturated rings. The van der Waals surface area contributed by atoms with Crippen LogP contribution in [-0.4, -0.2) is 17.2 Å². The number of nitrogens with zero attached hydrogens (tertiary/aromatic N) is 1. The van der Waals surface area contributed by atoms with Gasteiger partial charge in [0.25, 0.3) is 0 Å². The fraction of sp³-hybridized carbons (Fsp3) is 0.364. The second-order valence-corrected chi connectivity index (χ2v) is 8.20. The van der Waals surface area contributed by atoms with Crippen LogP contribution in [0.25, 0.3) is 11.0 Å². The van der Waals surface area contributed by atoms with Crippen molar-refractivity contribution in [2.45, 2.75) is 51.9 Å². The third-order valence-electron chi connectivity index (χ3n) is 5.17. The summed E-state index contributed by atoms with van der Waals surface area (Å²) >= 11 is 0. The lowest BCUT2D eigenvalue weighted by Gasteiger charge is -2.21. The molecule has 6 heteroatoms. The number of furan rings is 2. The molecule has 0 bridgehead atoms. The lowest BCUT2D eigenvalue weighted by Crippen LogP contribution is -2.17. The zero-order chi connectivity index (χ0) is 19.9. The fourth-order valence-electron chi connectivity index (χ4n) is 3.76. The van der Waals surface area contributed by atoms with Crippen LogP contribution in [0, 0.1) is 0 Å². The van der Waals surface area contributed by atoms with E-state index in [0.29, 0.717) is 5.56 Å². The minimum atomic E-state index is -0.446. The van der Waals surface area contributed by atoms with Crippen LogP contribution in [0.1, 0.15) is 66.6 Å². The average Bonchev–Trinajstić information content (AvgIpc) is 3.29. The van der Waals surface area contributed by atoms with E-state index in [2.05, 4.69) is 10.5 Å². The Morgan fingerprint density at radius 2 is 2.07 bits per heavy atom. The van der Waals surface area contributed by atoms with Crippen molar-refractivity contribution < 1.29 is 18.7 Å². The molecule has 1 aliphatic carbocycles. The van der Waals surface area contributed by atoms with Gasteiger partial charge in [-0.3, -0.25) is 4.79 Å². The van der Waals surface area contributed by atoms with Crippen LogP contribution in [0.2, 0.25) is 0 Å². The molecular formula is C22H24N2O4. The maximum atomic E-state index is 12.1. The number of rotatable bonds is 3. The van der Waals surface area contributed by atoms with Gasteiger partial charge in [0.15, 0.2) is 5.76 Å². The summed E-state index contributed by atoms with van der Waals surface area (Å²) in [5, 5.41) is 16.0. The van der Waals surface area contributed by atoms with Crippen molar-refractivity contribution in [1.29, 1.82) is 0 Å². The van der Waals surface area contributed by atoms with E-state index in [1.165, 1.54) is 12.5 Å². The minimum absolute atomic E-state index is 0.171. The highest BCUT2D eigenvalue weighted by atomic mass is 16.3. The molecule has 3 aromatic rings. The molecule has 0 aliphatic heterocycles. The summed E-state index contributed by atoms with van der Waals surface area (Å²) in [6, 6.07) is 5.13. The van der Waals surface area contributed by atoms with Crippen molar-refractivity contribution in [3.63, 3.8) is 0 Å². The monoisotopic (exact) mass is 380 g/mol. The van der Waals surface area contributed by atoms with Gasteiger partial charge in [0, 0.05) is 28.5 Å². The van der Waals surface area contributed by atoms with Crippen LogP contribution in [0.4, 0.5) is 0 Å². The normalized spacial score (nSPS) is 14.5. The SMILES string of the molecule is CC(C)(C)c1cc2oc3c(c2c(C=NNC(=O)c2ccco2)c1O)CCCC3. The standard InChI is InChI=1S/C22H24N2O4/c1-22(2,3)15-11-18-19(13-7-4-5-8-16(13)28-18)14(20(15)25)12-23-24-21(26)17-9-6-10-27-17/h6,9-12,25H,4-5,7-8H2,1-3H3,(H,24,26). The number of benzene rings is 1. The number of aryl methyl sites for hydroxylation is 2. The molecule has 2 heterocycles. The van der Waals surface area contributed by atoms with Crippen LogP contribution in [0.15, 0.2) is 38.4 Å². The number of carbonyl (C=O) groups excluding carboxylic acids is 1. The number of nitrogens with one attached hydrogen (secondary N) is 1. The first kappa shape index (κ1) is 18.3. The molecule has 2 N–H and O–H groups in total. The van der Waals surface area contributed by atoms with Gasteiger partial charge in [0.05, 0.1) is 12.5 Å². The van der Waals surface area contributed by atoms with Crippen LogP contribution >= 0.6 is 0 Å². The molecule has 28 heavy (non-hydrogen) atoms. The predicted octanol–water partition coefficient (Wildman–Crippen LogP) is 4.67. The Kier molecular flexibility index (Phi) is 4.49. The number of fused-ring (bicyclic) bond motifs is 3. The molecule has 4 rings (SSSR count). The Hall–Kier alpha value is -3.02. The summed E-state index contributed by atoms with van der Waals surface area (Å²) < 4.78 is 11.2. The third kappa shape index (κ3) is 3.19. The van der Waals surface area contributed by atoms with Crippen LogP contribution in [0.3, 0.4) is 0 Å². The summed E-state index contributed by atoms with van der Waals surface area (Å²) in [5.41, 5.74) is 5.43. The number of amides is 1. The number of hydrogen-bond acceptors (Lipinski definition) is 5. The zero-order valence-corrected chi connectivity index (χ0v) is 16.3. The summed E-state index contributed by atoms with van der Waals surface area (Å²) in [6.07, 6.45) is 6.94. The maximum Gasteiger partial charge on any atom is 0.307 e. The maximum absolute atomic E-state index is 12.1. The second-order valence-electron chi connectivity index (χ2n) is 8.20. The first-order chi connectivity index (χ1) is 13.4. The quantitative estimate of drug-likeness (QED) is 0.510. The molecule has 6 nitrogen and oxygen atoms in total. The Balaban J connectivity index is 1.80. The Morgan fingerprint density at radius 1 is 1.29 bits per heavy atom. The van der Waals surface area contributed by atoms with Gasteiger partial charge in [-0.15, -0.1) is 0 Å². The molecule has 0 atom stereocenters. The van der Waals surface area contributed by atoms with Crippen molar-refractivity contribution in [2.24, 2.45) is 5.10 Å². The van der Waals surface area contributed by atoms with Crippen molar-refractivity contribution in [3.8, 4) is 5.75 Å². The summed E-state index contributed by atoms with van der Waals surface area (Å²) in [7, 11) is 0. The third-order valence-corrected chi connectivity index (χ3v) is 5.17. The summed E-state index contributed by atoms with van der Waals surface area (Å²) in [4.78, 5) is 12.1. The highest BCUT2D eigenvalue weighted by molar-refractivity contribution is 6.04. The van der Waals surface area contributed by atoms with Gasteiger partial charge in [-0.05, 0) is 42.9 Å². The van der Waals surface area contributed by atoms with Crippen LogP contribution in [0.5, 0.6) is 5.75 Å². The highest BCUT2D eigenvalue weighted by Crippen LogP contribution is 2.42. The Labute approximate surface area is 163 Å². The largest absolute Gasteiger partial charge is 0.507 e. The van der Waals surface area contributed by atoms with Gasteiger partial charge in [-0.25, -0.2) is 5.43 Å². The number of hydrazone groups is 1. The molecule has 146 valence electrons. The number of phenolic OH excluding ortho intramolecular Hbond substituents is 1. The number of carbonyl (C=O) groups is 1. The van der Waals surface area contributed by atoms with Gasteiger partial charge in [-0.2, -0.15) is 5.10 Å². The number of phenols is 1. The van der Waals surface area contributed by atoms with E-state index in [-0.39, 0.29) is 16.9 Å². The van der Waals surface area contributed by atoms with Crippen molar-refractivity contribution in [3.05, 3.63) is 52.7 Å². The lowest BCUT2D eigenvalue weighted by molar-refractivity contribution is 0.0927. The fourth-order valence-corrected chi connectivity index (χ4v) is 3.76. The van der Waals surface area contributed by atoms with E-state index in [1.807, 2.05) is 26.8 Å². The molecule has 2 aromatic heterocycles. The smallest absolute Gasteiger partial charge is 0.307 e. The van der Waals surface area contributed by atoms with E-state index in [9.17, 15) is 9.90 Å². The highest BCUT2D eigenvalue weighted by Gasteiger charge is 2.27. The van der Waals surface area contributed by atoms with E-state index in [4.69, 9.17) is 8.83 Å². The van der Waals surface area contributed by atoms with E-state index >= 15 is 0 Å². The minimum Gasteiger partial charge on any atom is -0.507 e. The average molecular weight is 380 g/mol. The molecule has 0 spiro atoms. The van der Waals surface area contributed by atoms with Crippen molar-refractivity contribution in [1.82, 2.24) is 5.43 Å². The Morgan fingerprint density at radius 3 is 2.79 bits per heavy atom. The van der Waals surface area contributed by atoms with Gasteiger partial charge >= 0.3 is 5.91 Å². The first-order valence-electron chi connectivity index (χ1n) is 9.54. The van der Waals surface area contributed by atoms with Crippen LogP contribution in [-0.2, 0) is 18.3 Å². The molecule has 1 aliphatic rings. The van der Waals surface area contributed by atoms with E-state index < -0.39 is 5.91 Å². The van der Waals surface area contributed by atoms with Crippen molar-refractivity contribution >= 4 is 23.1 Å². The molecule has 0 saturated heterocycles. The van der Waals surface area contributed by atoms with Gasteiger partial charge in [0.2, 0.25) is 0 Å². The van der Waals surface area contributed by atoms with Crippen LogP contribution < -0.4 is 5.43 Å². The van der Waals surface area contributed by atoms with Gasteiger partial charge in [-0.1, -0.05) is 20.8 Å². The molecule has 1 aromatic carbocycles. The van der Waals surface area contributed by atoms with Crippen molar-refractivity contribution in [2.75, 3.05) is 0 Å². The van der Waals surface area contributed by atoms with Gasteiger partial charge < -0.3 is 13.9 Å². The van der Waals surface area contributed by atoms with Gasteiger partial charge in [0.1, 0.15) is 17.1 Å². The first-order valence-corrected chi connectivity index (χ1v) is 9.54. The zero-order valence-electron chi connectivity index (χ0n) is 16.3. The predicted molar refractivity (Wildman–Crippen MR) is 107 cm³/mol.